The lowest BCUT2D eigenvalue weighted by atomic mass is 9.95. The SMILES string of the molecule is CCc1nnc(CN(C)C(=O)c2cnc3c(c2)CCCC3)o1. The average molecular weight is 300 g/mol. The fourth-order valence-electron chi connectivity index (χ4n) is 2.70. The Hall–Kier alpha value is -2.24. The van der Waals surface area contributed by atoms with Crippen LogP contribution in [-0.2, 0) is 25.8 Å². The van der Waals surface area contributed by atoms with E-state index in [1.807, 2.05) is 13.0 Å². The molecule has 0 N–H and O–H groups in total. The fourth-order valence-corrected chi connectivity index (χ4v) is 2.70. The number of hydrogen-bond acceptors (Lipinski definition) is 5. The number of carbonyl (C=O) groups is 1. The van der Waals surface area contributed by atoms with E-state index in [1.165, 1.54) is 18.4 Å². The highest BCUT2D eigenvalue weighted by molar-refractivity contribution is 5.93. The van der Waals surface area contributed by atoms with E-state index in [4.69, 9.17) is 4.42 Å². The quantitative estimate of drug-likeness (QED) is 0.865. The third-order valence-electron chi connectivity index (χ3n) is 3.95. The number of aryl methyl sites for hydroxylation is 3. The van der Waals surface area contributed by atoms with Crippen LogP contribution in [0.2, 0.25) is 0 Å². The van der Waals surface area contributed by atoms with Crippen molar-refractivity contribution in [3.05, 3.63) is 40.9 Å². The van der Waals surface area contributed by atoms with Crippen molar-refractivity contribution in [2.45, 2.75) is 45.6 Å². The molecule has 0 atom stereocenters. The van der Waals surface area contributed by atoms with Crippen LogP contribution in [0.5, 0.6) is 0 Å². The molecule has 0 saturated heterocycles. The zero-order valence-electron chi connectivity index (χ0n) is 13.0. The van der Waals surface area contributed by atoms with Gasteiger partial charge in [0.1, 0.15) is 0 Å². The Bertz CT molecular complexity index is 681. The van der Waals surface area contributed by atoms with Crippen molar-refractivity contribution in [1.82, 2.24) is 20.1 Å². The minimum atomic E-state index is -0.0721. The van der Waals surface area contributed by atoms with Crippen LogP contribution in [-0.4, -0.2) is 33.0 Å². The second kappa shape index (κ2) is 6.25. The number of rotatable bonds is 4. The lowest BCUT2D eigenvalue weighted by molar-refractivity contribution is 0.0771. The summed E-state index contributed by atoms with van der Waals surface area (Å²) in [5.41, 5.74) is 2.96. The van der Waals surface area contributed by atoms with Gasteiger partial charge in [-0.2, -0.15) is 0 Å². The Labute approximate surface area is 129 Å². The average Bonchev–Trinajstić information content (AvgIpc) is 3.01. The minimum absolute atomic E-state index is 0.0721. The molecule has 1 aliphatic carbocycles. The Morgan fingerprint density at radius 3 is 2.82 bits per heavy atom. The summed E-state index contributed by atoms with van der Waals surface area (Å²) in [6.07, 6.45) is 6.75. The largest absolute Gasteiger partial charge is 0.423 e. The summed E-state index contributed by atoms with van der Waals surface area (Å²) < 4.78 is 5.45. The van der Waals surface area contributed by atoms with Crippen molar-refractivity contribution in [3.8, 4) is 0 Å². The maximum atomic E-state index is 12.5. The van der Waals surface area contributed by atoms with Crippen molar-refractivity contribution in [2.75, 3.05) is 7.05 Å². The molecule has 0 saturated carbocycles. The van der Waals surface area contributed by atoms with Gasteiger partial charge < -0.3 is 9.32 Å². The Morgan fingerprint density at radius 1 is 1.27 bits per heavy atom. The number of carbonyl (C=O) groups excluding carboxylic acids is 1. The Balaban J connectivity index is 1.72. The summed E-state index contributed by atoms with van der Waals surface area (Å²) >= 11 is 0. The first kappa shape index (κ1) is 14.7. The lowest BCUT2D eigenvalue weighted by Crippen LogP contribution is -2.27. The molecule has 116 valence electrons. The number of pyridine rings is 1. The maximum Gasteiger partial charge on any atom is 0.255 e. The molecule has 2 heterocycles. The van der Waals surface area contributed by atoms with Gasteiger partial charge in [-0.3, -0.25) is 9.78 Å². The summed E-state index contributed by atoms with van der Waals surface area (Å²) in [5, 5.41) is 7.86. The van der Waals surface area contributed by atoms with Crippen LogP contribution < -0.4 is 0 Å². The number of nitrogens with zero attached hydrogens (tertiary/aromatic N) is 4. The van der Waals surface area contributed by atoms with Gasteiger partial charge >= 0.3 is 0 Å². The third kappa shape index (κ3) is 3.00. The molecule has 3 rings (SSSR count). The van der Waals surface area contributed by atoms with Crippen LogP contribution in [0.4, 0.5) is 0 Å². The monoisotopic (exact) mass is 300 g/mol. The number of amides is 1. The second-order valence-electron chi connectivity index (χ2n) is 5.64. The van der Waals surface area contributed by atoms with Crippen LogP contribution in [0, 0.1) is 0 Å². The standard InChI is InChI=1S/C16H20N4O2/c1-3-14-18-19-15(22-14)10-20(2)16(21)12-8-11-6-4-5-7-13(11)17-9-12/h8-9H,3-7,10H2,1-2H3. The summed E-state index contributed by atoms with van der Waals surface area (Å²) in [7, 11) is 1.73. The van der Waals surface area contributed by atoms with E-state index in [0.29, 0.717) is 30.3 Å². The molecule has 0 unspecified atom stereocenters. The molecule has 22 heavy (non-hydrogen) atoms. The predicted molar refractivity (Wildman–Crippen MR) is 80.4 cm³/mol. The van der Waals surface area contributed by atoms with Crippen molar-refractivity contribution in [1.29, 1.82) is 0 Å². The van der Waals surface area contributed by atoms with Crippen molar-refractivity contribution in [2.24, 2.45) is 0 Å². The number of aromatic nitrogens is 3. The van der Waals surface area contributed by atoms with E-state index < -0.39 is 0 Å². The maximum absolute atomic E-state index is 12.5. The Kier molecular flexibility index (Phi) is 4.18. The van der Waals surface area contributed by atoms with Gasteiger partial charge in [0.05, 0.1) is 12.1 Å². The molecule has 0 aliphatic heterocycles. The van der Waals surface area contributed by atoms with E-state index >= 15 is 0 Å². The van der Waals surface area contributed by atoms with Gasteiger partial charge in [0.15, 0.2) is 0 Å². The predicted octanol–water partition coefficient (Wildman–Crippen LogP) is 2.18. The minimum Gasteiger partial charge on any atom is -0.423 e. The summed E-state index contributed by atoms with van der Waals surface area (Å²) in [6, 6.07) is 1.98. The zero-order valence-corrected chi connectivity index (χ0v) is 13.0. The van der Waals surface area contributed by atoms with Crippen LogP contribution in [0.3, 0.4) is 0 Å². The molecule has 0 fully saturated rings. The van der Waals surface area contributed by atoms with E-state index in [-0.39, 0.29) is 5.91 Å². The highest BCUT2D eigenvalue weighted by Gasteiger charge is 2.18. The molecule has 1 amide bonds. The van der Waals surface area contributed by atoms with E-state index in [0.717, 1.165) is 18.5 Å². The molecule has 0 aromatic carbocycles. The van der Waals surface area contributed by atoms with E-state index in [9.17, 15) is 4.79 Å². The first-order valence-corrected chi connectivity index (χ1v) is 7.72. The normalized spacial score (nSPS) is 13.7. The van der Waals surface area contributed by atoms with Crippen LogP contribution in [0.25, 0.3) is 0 Å². The Morgan fingerprint density at radius 2 is 2.05 bits per heavy atom. The highest BCUT2D eigenvalue weighted by atomic mass is 16.4. The second-order valence-corrected chi connectivity index (χ2v) is 5.64. The van der Waals surface area contributed by atoms with Gasteiger partial charge in [0.2, 0.25) is 11.8 Å². The van der Waals surface area contributed by atoms with Crippen molar-refractivity contribution < 1.29 is 9.21 Å². The van der Waals surface area contributed by atoms with Gasteiger partial charge in [-0.05, 0) is 37.3 Å². The van der Waals surface area contributed by atoms with Gasteiger partial charge in [-0.25, -0.2) is 0 Å². The molecule has 2 aromatic rings. The van der Waals surface area contributed by atoms with Gasteiger partial charge in [0.25, 0.3) is 5.91 Å². The first-order valence-electron chi connectivity index (χ1n) is 7.72. The molecule has 0 spiro atoms. The van der Waals surface area contributed by atoms with Gasteiger partial charge in [-0.1, -0.05) is 6.92 Å². The number of fused-ring (bicyclic) bond motifs is 1. The number of hydrogen-bond donors (Lipinski definition) is 0. The molecule has 2 aromatic heterocycles. The smallest absolute Gasteiger partial charge is 0.255 e. The molecule has 1 aliphatic rings. The van der Waals surface area contributed by atoms with Crippen LogP contribution in [0.1, 0.15) is 53.2 Å². The third-order valence-corrected chi connectivity index (χ3v) is 3.95. The highest BCUT2D eigenvalue weighted by Crippen LogP contribution is 2.20. The zero-order chi connectivity index (χ0) is 15.5. The summed E-state index contributed by atoms with van der Waals surface area (Å²) in [4.78, 5) is 18.5. The molecule has 0 radical (unpaired) electrons. The molecule has 0 bridgehead atoms. The lowest BCUT2D eigenvalue weighted by Gasteiger charge is -2.18. The van der Waals surface area contributed by atoms with E-state index in [2.05, 4.69) is 15.2 Å². The fraction of sp³-hybridized carbons (Fsp3) is 0.500. The summed E-state index contributed by atoms with van der Waals surface area (Å²) in [5.74, 6) is 0.974. The van der Waals surface area contributed by atoms with Gasteiger partial charge in [-0.15, -0.1) is 10.2 Å². The first-order chi connectivity index (χ1) is 10.7. The molecular formula is C16H20N4O2. The van der Waals surface area contributed by atoms with Crippen LogP contribution in [0.15, 0.2) is 16.7 Å². The van der Waals surface area contributed by atoms with E-state index in [1.54, 1.807) is 18.1 Å². The topological polar surface area (TPSA) is 72.1 Å². The van der Waals surface area contributed by atoms with Crippen LogP contribution >= 0.6 is 0 Å². The van der Waals surface area contributed by atoms with Crippen molar-refractivity contribution in [3.63, 3.8) is 0 Å². The molecule has 6 heteroatoms. The molecule has 6 nitrogen and oxygen atoms in total. The molecular weight excluding hydrogens is 280 g/mol. The summed E-state index contributed by atoms with van der Waals surface area (Å²) in [6.45, 7) is 2.26. The van der Waals surface area contributed by atoms with Crippen molar-refractivity contribution >= 4 is 5.91 Å². The van der Waals surface area contributed by atoms with Gasteiger partial charge in [0, 0.05) is 25.4 Å².